The van der Waals surface area contributed by atoms with E-state index >= 15 is 0 Å². The summed E-state index contributed by atoms with van der Waals surface area (Å²) in [6.07, 6.45) is 0. The van der Waals surface area contributed by atoms with Gasteiger partial charge in [-0.1, -0.05) is 23.7 Å². The van der Waals surface area contributed by atoms with Gasteiger partial charge in [-0.15, -0.1) is 0 Å². The van der Waals surface area contributed by atoms with Crippen molar-refractivity contribution in [2.75, 3.05) is 0 Å². The largest absolute Gasteiger partial charge is 0.489 e. The molecule has 0 aliphatic carbocycles. The van der Waals surface area contributed by atoms with Crippen LogP contribution >= 0.6 is 11.6 Å². The Labute approximate surface area is 123 Å². The lowest BCUT2D eigenvalue weighted by molar-refractivity contribution is 0.301. The molecule has 0 aliphatic heterocycles. The first kappa shape index (κ1) is 14.4. The van der Waals surface area contributed by atoms with E-state index in [-0.39, 0.29) is 6.04 Å². The Balaban J connectivity index is 2.16. The van der Waals surface area contributed by atoms with Crippen LogP contribution in [0.5, 0.6) is 5.75 Å². The lowest BCUT2D eigenvalue weighted by Crippen LogP contribution is -2.08. The van der Waals surface area contributed by atoms with Crippen molar-refractivity contribution < 1.29 is 4.74 Å². The third-order valence-corrected chi connectivity index (χ3v) is 3.15. The molecule has 0 spiro atoms. The van der Waals surface area contributed by atoms with Gasteiger partial charge in [-0.2, -0.15) is 5.26 Å². The number of hydrogen-bond acceptors (Lipinski definition) is 3. The van der Waals surface area contributed by atoms with Crippen molar-refractivity contribution in [1.82, 2.24) is 0 Å². The molecule has 0 heterocycles. The summed E-state index contributed by atoms with van der Waals surface area (Å²) in [5, 5.41) is 9.51. The monoisotopic (exact) mass is 286 g/mol. The third kappa shape index (κ3) is 3.51. The second kappa shape index (κ2) is 6.42. The van der Waals surface area contributed by atoms with Gasteiger partial charge in [0.1, 0.15) is 12.4 Å². The van der Waals surface area contributed by atoms with Gasteiger partial charge in [-0.3, -0.25) is 0 Å². The molecule has 0 radical (unpaired) electrons. The molecule has 0 aliphatic rings. The van der Waals surface area contributed by atoms with E-state index in [4.69, 9.17) is 27.3 Å². The van der Waals surface area contributed by atoms with Crippen LogP contribution in [0.4, 0.5) is 0 Å². The van der Waals surface area contributed by atoms with Crippen LogP contribution in [0, 0.1) is 11.3 Å². The second-order valence-electron chi connectivity index (χ2n) is 4.57. The van der Waals surface area contributed by atoms with Crippen LogP contribution in [0.1, 0.15) is 29.7 Å². The number of nitrogens with zero attached hydrogens (tertiary/aromatic N) is 1. The molecular weight excluding hydrogens is 272 g/mol. The van der Waals surface area contributed by atoms with Crippen LogP contribution in [0.15, 0.2) is 42.5 Å². The molecule has 4 heteroatoms. The molecular formula is C16H15ClN2O. The zero-order valence-corrected chi connectivity index (χ0v) is 11.9. The highest BCUT2D eigenvalue weighted by molar-refractivity contribution is 6.30. The molecule has 2 aromatic rings. The molecule has 3 nitrogen and oxygen atoms in total. The summed E-state index contributed by atoms with van der Waals surface area (Å²) in [5.74, 6) is 0.715. The fourth-order valence-corrected chi connectivity index (χ4v) is 2.08. The van der Waals surface area contributed by atoms with E-state index in [1.165, 1.54) is 0 Å². The van der Waals surface area contributed by atoms with E-state index in [1.54, 1.807) is 12.1 Å². The average Bonchev–Trinajstić information content (AvgIpc) is 2.46. The maximum atomic E-state index is 8.87. The Morgan fingerprint density at radius 1 is 1.30 bits per heavy atom. The zero-order valence-electron chi connectivity index (χ0n) is 11.1. The normalized spacial score (nSPS) is 11.7. The number of rotatable bonds is 4. The summed E-state index contributed by atoms with van der Waals surface area (Å²) in [5.41, 5.74) is 8.35. The van der Waals surface area contributed by atoms with Gasteiger partial charge in [-0.05, 0) is 42.8 Å². The molecule has 2 N–H and O–H groups in total. The van der Waals surface area contributed by atoms with Gasteiger partial charge in [0.15, 0.2) is 0 Å². The number of hydrogen-bond donors (Lipinski definition) is 1. The van der Waals surface area contributed by atoms with Crippen molar-refractivity contribution in [2.24, 2.45) is 5.73 Å². The second-order valence-corrected chi connectivity index (χ2v) is 5.01. The molecule has 0 saturated heterocycles. The van der Waals surface area contributed by atoms with E-state index < -0.39 is 0 Å². The van der Waals surface area contributed by atoms with Crippen LogP contribution in [0.2, 0.25) is 5.02 Å². The van der Waals surface area contributed by atoms with Gasteiger partial charge in [-0.25, -0.2) is 0 Å². The quantitative estimate of drug-likeness (QED) is 0.930. The topological polar surface area (TPSA) is 59.0 Å². The van der Waals surface area contributed by atoms with Gasteiger partial charge in [0.05, 0.1) is 11.6 Å². The Morgan fingerprint density at radius 3 is 2.80 bits per heavy atom. The smallest absolute Gasteiger partial charge is 0.124 e. The fraction of sp³-hybridized carbons (Fsp3) is 0.188. The molecule has 0 unspecified atom stereocenters. The Morgan fingerprint density at radius 2 is 2.10 bits per heavy atom. The average molecular weight is 287 g/mol. The first-order valence-electron chi connectivity index (χ1n) is 6.27. The fourth-order valence-electron chi connectivity index (χ4n) is 1.90. The summed E-state index contributed by atoms with van der Waals surface area (Å²) in [6, 6.07) is 14.7. The summed E-state index contributed by atoms with van der Waals surface area (Å²) in [7, 11) is 0. The number of ether oxygens (including phenoxy) is 1. The Kier molecular flexibility index (Phi) is 4.62. The molecule has 102 valence electrons. The maximum Gasteiger partial charge on any atom is 0.124 e. The van der Waals surface area contributed by atoms with Crippen molar-refractivity contribution in [3.8, 4) is 11.8 Å². The summed E-state index contributed by atoms with van der Waals surface area (Å²) in [6.45, 7) is 2.27. The first-order valence-corrected chi connectivity index (χ1v) is 6.65. The predicted octanol–water partition coefficient (Wildman–Crippen LogP) is 3.81. The van der Waals surface area contributed by atoms with Crippen molar-refractivity contribution in [3.63, 3.8) is 0 Å². The zero-order chi connectivity index (χ0) is 14.5. The lowest BCUT2D eigenvalue weighted by atomic mass is 10.1. The van der Waals surface area contributed by atoms with E-state index in [2.05, 4.69) is 6.07 Å². The minimum atomic E-state index is -0.158. The standard InChI is InChI=1S/C16H15ClN2O/c1-11(19)15-8-14(17)5-6-16(15)20-10-13-4-2-3-12(7-13)9-18/h2-8,11H,10,19H2,1H3/t11-/m1/s1. The molecule has 0 bridgehead atoms. The third-order valence-electron chi connectivity index (χ3n) is 2.91. The van der Waals surface area contributed by atoms with E-state index in [0.717, 1.165) is 11.1 Å². The van der Waals surface area contributed by atoms with E-state index in [1.807, 2.05) is 37.3 Å². The first-order chi connectivity index (χ1) is 9.60. The van der Waals surface area contributed by atoms with Gasteiger partial charge in [0, 0.05) is 16.6 Å². The Bertz CT molecular complexity index is 647. The van der Waals surface area contributed by atoms with Gasteiger partial charge in [0.25, 0.3) is 0 Å². The van der Waals surface area contributed by atoms with Gasteiger partial charge >= 0.3 is 0 Å². The predicted molar refractivity (Wildman–Crippen MR) is 79.5 cm³/mol. The summed E-state index contributed by atoms with van der Waals surface area (Å²) >= 11 is 5.97. The molecule has 2 aromatic carbocycles. The van der Waals surface area contributed by atoms with E-state index in [9.17, 15) is 0 Å². The lowest BCUT2D eigenvalue weighted by Gasteiger charge is -2.14. The minimum absolute atomic E-state index is 0.158. The van der Waals surface area contributed by atoms with Gasteiger partial charge < -0.3 is 10.5 Å². The minimum Gasteiger partial charge on any atom is -0.489 e. The van der Waals surface area contributed by atoms with E-state index in [0.29, 0.717) is 22.9 Å². The van der Waals surface area contributed by atoms with Crippen LogP contribution in [-0.2, 0) is 6.61 Å². The number of halogens is 1. The van der Waals surface area contributed by atoms with Crippen molar-refractivity contribution in [1.29, 1.82) is 5.26 Å². The SMILES string of the molecule is C[C@@H](N)c1cc(Cl)ccc1OCc1cccc(C#N)c1. The highest BCUT2D eigenvalue weighted by atomic mass is 35.5. The van der Waals surface area contributed by atoms with Crippen LogP contribution in [0.25, 0.3) is 0 Å². The highest BCUT2D eigenvalue weighted by Gasteiger charge is 2.09. The van der Waals surface area contributed by atoms with Crippen molar-refractivity contribution in [3.05, 3.63) is 64.2 Å². The molecule has 0 aromatic heterocycles. The van der Waals surface area contributed by atoms with Crippen LogP contribution in [-0.4, -0.2) is 0 Å². The Hall–Kier alpha value is -2.02. The molecule has 0 saturated carbocycles. The van der Waals surface area contributed by atoms with Crippen LogP contribution < -0.4 is 10.5 Å². The number of benzene rings is 2. The molecule has 2 rings (SSSR count). The molecule has 20 heavy (non-hydrogen) atoms. The molecule has 0 amide bonds. The van der Waals surface area contributed by atoms with Crippen LogP contribution in [0.3, 0.4) is 0 Å². The number of nitriles is 1. The van der Waals surface area contributed by atoms with Crippen molar-refractivity contribution >= 4 is 11.6 Å². The summed E-state index contributed by atoms with van der Waals surface area (Å²) in [4.78, 5) is 0. The van der Waals surface area contributed by atoms with Gasteiger partial charge in [0.2, 0.25) is 0 Å². The molecule has 1 atom stereocenters. The number of nitrogens with two attached hydrogens (primary N) is 1. The summed E-state index contributed by atoms with van der Waals surface area (Å²) < 4.78 is 5.79. The molecule has 0 fully saturated rings. The maximum absolute atomic E-state index is 8.87. The van der Waals surface area contributed by atoms with Crippen molar-refractivity contribution in [2.45, 2.75) is 19.6 Å². The highest BCUT2D eigenvalue weighted by Crippen LogP contribution is 2.27.